The molecule has 4 rings (SSSR count). The Balaban J connectivity index is 0.000000354. The van der Waals surface area contributed by atoms with E-state index in [0.29, 0.717) is 11.1 Å². The van der Waals surface area contributed by atoms with Gasteiger partial charge in [0, 0.05) is 0 Å². The third-order valence-corrected chi connectivity index (χ3v) is 6.76. The second-order valence-electron chi connectivity index (χ2n) is 7.72. The zero-order valence-electron chi connectivity index (χ0n) is 21.9. The molecule has 0 amide bonds. The lowest BCUT2D eigenvalue weighted by molar-refractivity contribution is 0.480. The van der Waals surface area contributed by atoms with Crippen LogP contribution in [0.1, 0.15) is 22.3 Å². The zero-order chi connectivity index (χ0) is 31.4. The highest BCUT2D eigenvalue weighted by Gasteiger charge is 2.13. The molecular formula is C30H26N2O6S4. The van der Waals surface area contributed by atoms with Crippen LogP contribution < -0.4 is 0 Å². The van der Waals surface area contributed by atoms with Crippen molar-refractivity contribution in [3.8, 4) is 0 Å². The number of rotatable bonds is 6. The summed E-state index contributed by atoms with van der Waals surface area (Å²) >= 11 is 7.62. The molecule has 0 aromatic heterocycles. The number of hydrogen-bond donors (Lipinski definition) is 4. The van der Waals surface area contributed by atoms with Gasteiger partial charge in [0.1, 0.15) is 9.79 Å². The van der Waals surface area contributed by atoms with E-state index in [0.717, 1.165) is 11.1 Å². The SMILES string of the molecule is N=C=S.N=C=S.O=S(=O)(O)c1ccccc1C=Cc1ccccc1.O=S(=O)(O)c1ccccc1C=Cc1ccccc1. The van der Waals surface area contributed by atoms with Crippen LogP contribution in [0.5, 0.6) is 0 Å². The van der Waals surface area contributed by atoms with Crippen LogP contribution in [0.4, 0.5) is 0 Å². The summed E-state index contributed by atoms with van der Waals surface area (Å²) in [6.45, 7) is 0. The first-order valence-corrected chi connectivity index (χ1v) is 15.3. The topological polar surface area (TPSA) is 156 Å². The monoisotopic (exact) mass is 638 g/mol. The average Bonchev–Trinajstić information content (AvgIpc) is 2.97. The molecule has 216 valence electrons. The lowest BCUT2D eigenvalue weighted by Crippen LogP contribution is -2.00. The standard InChI is InChI=1S/2C14H12O3S.2CHNS/c2*15-18(16,17)14-9-5-4-8-13(14)11-10-12-6-2-1-3-7-12;2*2-1-3/h2*1-11H,(H,15,16,17);2*2H. The Morgan fingerprint density at radius 1 is 0.500 bits per heavy atom. The third kappa shape index (κ3) is 13.9. The van der Waals surface area contributed by atoms with Crippen molar-refractivity contribution in [3.63, 3.8) is 0 Å². The van der Waals surface area contributed by atoms with Gasteiger partial charge in [-0.05, 0) is 58.8 Å². The van der Waals surface area contributed by atoms with E-state index >= 15 is 0 Å². The summed E-state index contributed by atoms with van der Waals surface area (Å²) in [7, 11) is -8.38. The molecule has 0 bridgehead atoms. The number of thiocarbonyl (C=S) groups is 2. The first kappa shape index (κ1) is 35.8. The van der Waals surface area contributed by atoms with Crippen molar-refractivity contribution in [2.75, 3.05) is 0 Å². The molecule has 12 heteroatoms. The van der Waals surface area contributed by atoms with Crippen molar-refractivity contribution in [3.05, 3.63) is 131 Å². The lowest BCUT2D eigenvalue weighted by Gasteiger charge is -2.01. The largest absolute Gasteiger partial charge is 0.295 e. The van der Waals surface area contributed by atoms with E-state index < -0.39 is 20.2 Å². The maximum atomic E-state index is 11.2. The molecule has 0 heterocycles. The summed E-state index contributed by atoms with van der Waals surface area (Å²) in [5.74, 6) is 0. The highest BCUT2D eigenvalue weighted by Crippen LogP contribution is 2.19. The van der Waals surface area contributed by atoms with Crippen LogP contribution >= 0.6 is 24.4 Å². The third-order valence-electron chi connectivity index (χ3n) is 4.90. The Morgan fingerprint density at radius 3 is 1.05 bits per heavy atom. The second kappa shape index (κ2) is 19.0. The van der Waals surface area contributed by atoms with Gasteiger partial charge in [0.2, 0.25) is 0 Å². The molecule has 0 radical (unpaired) electrons. The van der Waals surface area contributed by atoms with Gasteiger partial charge in [0.05, 0.1) is 10.3 Å². The predicted molar refractivity (Wildman–Crippen MR) is 174 cm³/mol. The highest BCUT2D eigenvalue weighted by molar-refractivity contribution is 7.86. The van der Waals surface area contributed by atoms with Gasteiger partial charge in [-0.2, -0.15) is 16.8 Å². The number of isothiocyanates is 2. The highest BCUT2D eigenvalue weighted by atomic mass is 32.2. The van der Waals surface area contributed by atoms with E-state index in [1.54, 1.807) is 71.0 Å². The van der Waals surface area contributed by atoms with Crippen molar-refractivity contribution < 1.29 is 25.9 Å². The molecule has 0 atom stereocenters. The van der Waals surface area contributed by atoms with Crippen LogP contribution in [0.25, 0.3) is 24.3 Å². The van der Waals surface area contributed by atoms with E-state index in [1.165, 1.54) is 12.1 Å². The molecule has 0 aliphatic heterocycles. The smallest absolute Gasteiger partial charge is 0.282 e. The van der Waals surface area contributed by atoms with Gasteiger partial charge in [0.15, 0.2) is 0 Å². The minimum Gasteiger partial charge on any atom is -0.282 e. The molecule has 0 aliphatic carbocycles. The normalized spacial score (nSPS) is 10.5. The quantitative estimate of drug-likeness (QED) is 0.0730. The summed E-state index contributed by atoms with van der Waals surface area (Å²) in [5.41, 5.74) is 2.85. The van der Waals surface area contributed by atoms with Gasteiger partial charge in [-0.25, -0.2) is 10.8 Å². The van der Waals surface area contributed by atoms with E-state index in [-0.39, 0.29) is 9.79 Å². The lowest BCUT2D eigenvalue weighted by atomic mass is 10.1. The average molecular weight is 639 g/mol. The zero-order valence-corrected chi connectivity index (χ0v) is 25.1. The van der Waals surface area contributed by atoms with E-state index in [2.05, 4.69) is 24.4 Å². The predicted octanol–water partition coefficient (Wildman–Crippen LogP) is 7.54. The Morgan fingerprint density at radius 2 is 0.762 bits per heavy atom. The van der Waals surface area contributed by atoms with Crippen LogP contribution in [0, 0.1) is 10.8 Å². The van der Waals surface area contributed by atoms with Gasteiger partial charge < -0.3 is 0 Å². The molecule has 8 nitrogen and oxygen atoms in total. The van der Waals surface area contributed by atoms with Crippen LogP contribution in [-0.2, 0) is 20.2 Å². The molecule has 42 heavy (non-hydrogen) atoms. The summed E-state index contributed by atoms with van der Waals surface area (Å²) in [5, 5.41) is 14.7. The summed E-state index contributed by atoms with van der Waals surface area (Å²) < 4.78 is 63.0. The molecule has 0 saturated carbocycles. The molecule has 4 aromatic carbocycles. The molecule has 0 aliphatic rings. The van der Waals surface area contributed by atoms with Crippen molar-refractivity contribution in [2.45, 2.75) is 9.79 Å². The fourth-order valence-corrected chi connectivity index (χ4v) is 4.58. The second-order valence-corrected chi connectivity index (χ2v) is 10.9. The molecule has 0 spiro atoms. The van der Waals surface area contributed by atoms with E-state index in [4.69, 9.17) is 19.9 Å². The van der Waals surface area contributed by atoms with Crippen LogP contribution in [0.2, 0.25) is 0 Å². The van der Waals surface area contributed by atoms with Crippen molar-refractivity contribution >= 4 is 79.3 Å². The minimum atomic E-state index is -4.19. The Bertz CT molecular complexity index is 1630. The van der Waals surface area contributed by atoms with Gasteiger partial charge in [-0.3, -0.25) is 9.11 Å². The molecule has 0 unspecified atom stereocenters. The van der Waals surface area contributed by atoms with E-state index in [1.807, 2.05) is 60.7 Å². The minimum absolute atomic E-state index is 0.0859. The Hall–Kier alpha value is -4.22. The first-order chi connectivity index (χ1) is 20.0. The van der Waals surface area contributed by atoms with Gasteiger partial charge in [-0.1, -0.05) is 121 Å². The van der Waals surface area contributed by atoms with Crippen LogP contribution in [0.15, 0.2) is 119 Å². The molecular weight excluding hydrogens is 613 g/mol. The fourth-order valence-electron chi connectivity index (χ4n) is 3.21. The maximum Gasteiger partial charge on any atom is 0.295 e. The van der Waals surface area contributed by atoms with Crippen LogP contribution in [-0.4, -0.2) is 36.3 Å². The summed E-state index contributed by atoms with van der Waals surface area (Å²) in [4.78, 5) is -0.172. The first-order valence-electron chi connectivity index (χ1n) is 11.6. The van der Waals surface area contributed by atoms with Crippen molar-refractivity contribution in [2.24, 2.45) is 0 Å². The van der Waals surface area contributed by atoms with Crippen LogP contribution in [0.3, 0.4) is 0 Å². The molecule has 4 N–H and O–H groups in total. The fraction of sp³-hybridized carbons (Fsp3) is 0. The Labute approximate surface area is 256 Å². The molecule has 4 aromatic rings. The van der Waals surface area contributed by atoms with Crippen molar-refractivity contribution in [1.82, 2.24) is 0 Å². The molecule has 0 saturated heterocycles. The number of nitrogens with one attached hydrogen (secondary N) is 2. The van der Waals surface area contributed by atoms with E-state index in [9.17, 15) is 16.8 Å². The van der Waals surface area contributed by atoms with Gasteiger partial charge in [0.25, 0.3) is 20.2 Å². The summed E-state index contributed by atoms with van der Waals surface area (Å²) in [6.07, 6.45) is 6.92. The van der Waals surface area contributed by atoms with Gasteiger partial charge in [-0.15, -0.1) is 0 Å². The summed E-state index contributed by atoms with van der Waals surface area (Å²) in [6, 6.07) is 31.7. The van der Waals surface area contributed by atoms with Crippen molar-refractivity contribution in [1.29, 1.82) is 10.8 Å². The maximum absolute atomic E-state index is 11.2. The number of benzene rings is 4. The Kier molecular flexibility index (Phi) is 16.2. The molecule has 0 fully saturated rings. The number of hydrogen-bond acceptors (Lipinski definition) is 8. The van der Waals surface area contributed by atoms with Gasteiger partial charge >= 0.3 is 0 Å².